The van der Waals surface area contributed by atoms with Gasteiger partial charge in [-0.05, 0) is 49.2 Å². The molecule has 0 atom stereocenters. The molecule has 0 unspecified atom stereocenters. The summed E-state index contributed by atoms with van der Waals surface area (Å²) in [7, 11) is 3.20. The van der Waals surface area contributed by atoms with Crippen LogP contribution < -0.4 is 25.0 Å². The van der Waals surface area contributed by atoms with Gasteiger partial charge in [0, 0.05) is 49.2 Å². The van der Waals surface area contributed by atoms with Gasteiger partial charge in [0.05, 0.1) is 14.2 Å². The van der Waals surface area contributed by atoms with Gasteiger partial charge in [-0.3, -0.25) is 4.79 Å². The van der Waals surface area contributed by atoms with E-state index < -0.39 is 0 Å². The number of oxazole rings is 1. The van der Waals surface area contributed by atoms with Crippen LogP contribution >= 0.6 is 0 Å². The van der Waals surface area contributed by atoms with Gasteiger partial charge in [0.25, 0.3) is 6.01 Å². The van der Waals surface area contributed by atoms with Gasteiger partial charge in [-0.25, -0.2) is 9.97 Å². The molecule has 0 fully saturated rings. The molecule has 5 rings (SSSR count). The van der Waals surface area contributed by atoms with Crippen LogP contribution in [0.1, 0.15) is 19.4 Å². The van der Waals surface area contributed by atoms with Gasteiger partial charge >= 0.3 is 0 Å². The second-order valence-electron chi connectivity index (χ2n) is 8.48. The third kappa shape index (κ3) is 4.90. The molecule has 2 N–H and O–H groups in total. The summed E-state index contributed by atoms with van der Waals surface area (Å²) in [4.78, 5) is 27.5. The minimum atomic E-state index is 0.0256. The van der Waals surface area contributed by atoms with Crippen LogP contribution in [0.15, 0.2) is 53.1 Å². The summed E-state index contributed by atoms with van der Waals surface area (Å²) in [5.41, 5.74) is 4.74. The average Bonchev–Trinajstić information content (AvgIpc) is 3.53. The topological polar surface area (TPSA) is 115 Å². The Bertz CT molecular complexity index is 1430. The molecule has 3 heterocycles. The van der Waals surface area contributed by atoms with Crippen LogP contribution in [-0.2, 0) is 11.2 Å². The van der Waals surface area contributed by atoms with Gasteiger partial charge in [0.1, 0.15) is 22.9 Å². The van der Waals surface area contributed by atoms with Crippen LogP contribution in [0.2, 0.25) is 0 Å². The first kappa shape index (κ1) is 24.1. The van der Waals surface area contributed by atoms with Crippen molar-refractivity contribution in [3.8, 4) is 34.2 Å². The molecule has 1 amide bonds. The number of amides is 1. The summed E-state index contributed by atoms with van der Waals surface area (Å²) in [6.45, 7) is 4.88. The van der Waals surface area contributed by atoms with Gasteiger partial charge < -0.3 is 29.4 Å². The van der Waals surface area contributed by atoms with E-state index in [1.807, 2.05) is 37.3 Å². The molecule has 190 valence electrons. The zero-order chi connectivity index (χ0) is 25.9. The number of benzene rings is 2. The van der Waals surface area contributed by atoms with E-state index in [2.05, 4.69) is 20.6 Å². The maximum absolute atomic E-state index is 12.0. The zero-order valence-corrected chi connectivity index (χ0v) is 21.2. The van der Waals surface area contributed by atoms with Crippen LogP contribution in [0, 0.1) is 0 Å². The van der Waals surface area contributed by atoms with Gasteiger partial charge in [0.15, 0.2) is 5.76 Å². The number of ether oxygens (including phenoxy) is 2. The first-order chi connectivity index (χ1) is 18.0. The lowest BCUT2D eigenvalue weighted by Crippen LogP contribution is -2.25. The minimum Gasteiger partial charge on any atom is -0.497 e. The Labute approximate surface area is 214 Å². The van der Waals surface area contributed by atoms with E-state index in [-0.39, 0.29) is 5.91 Å². The van der Waals surface area contributed by atoms with E-state index in [1.165, 1.54) is 0 Å². The normalized spacial score (nSPS) is 12.3. The molecular weight excluding hydrogens is 472 g/mol. The van der Waals surface area contributed by atoms with Crippen molar-refractivity contribution in [3.05, 3.63) is 54.2 Å². The molecule has 0 saturated carbocycles. The summed E-state index contributed by atoms with van der Waals surface area (Å²) < 4.78 is 17.0. The van der Waals surface area contributed by atoms with Gasteiger partial charge in [-0.1, -0.05) is 6.07 Å². The Kier molecular flexibility index (Phi) is 6.63. The highest BCUT2D eigenvalue weighted by atomic mass is 16.5. The van der Waals surface area contributed by atoms with Crippen LogP contribution in [0.25, 0.3) is 22.7 Å². The lowest BCUT2D eigenvalue weighted by atomic mass is 10.1. The Morgan fingerprint density at radius 3 is 2.57 bits per heavy atom. The molecule has 37 heavy (non-hydrogen) atoms. The maximum atomic E-state index is 12.0. The number of carbonyl (C=O) groups excluding carboxylic acids is 1. The van der Waals surface area contributed by atoms with Gasteiger partial charge in [-0.2, -0.15) is 4.98 Å². The number of hydrogen-bond donors (Lipinski definition) is 2. The lowest BCUT2D eigenvalue weighted by Gasteiger charge is -2.16. The summed E-state index contributed by atoms with van der Waals surface area (Å²) in [5.74, 6) is 2.16. The first-order valence-corrected chi connectivity index (χ1v) is 12.0. The van der Waals surface area contributed by atoms with E-state index in [4.69, 9.17) is 18.9 Å². The molecule has 0 bridgehead atoms. The van der Waals surface area contributed by atoms with Crippen LogP contribution in [0.5, 0.6) is 11.5 Å². The van der Waals surface area contributed by atoms with Crippen molar-refractivity contribution >= 4 is 29.2 Å². The minimum absolute atomic E-state index is 0.0256. The second-order valence-corrected chi connectivity index (χ2v) is 8.48. The predicted octanol–water partition coefficient (Wildman–Crippen LogP) is 4.90. The fourth-order valence-corrected chi connectivity index (χ4v) is 4.32. The predicted molar refractivity (Wildman–Crippen MR) is 142 cm³/mol. The molecular formula is C27H28N6O4. The molecule has 10 nitrogen and oxygen atoms in total. The molecule has 2 aromatic carbocycles. The number of nitrogens with one attached hydrogen (secondary N) is 2. The smallest absolute Gasteiger partial charge is 0.295 e. The summed E-state index contributed by atoms with van der Waals surface area (Å²) >= 11 is 0. The highest BCUT2D eigenvalue weighted by Crippen LogP contribution is 2.37. The number of rotatable bonds is 8. The number of fused-ring (bicyclic) bond motifs is 1. The Morgan fingerprint density at radius 1 is 1.08 bits per heavy atom. The Hall–Kier alpha value is -4.60. The largest absolute Gasteiger partial charge is 0.497 e. The molecule has 0 aliphatic carbocycles. The summed E-state index contributed by atoms with van der Waals surface area (Å²) in [5, 5.41) is 6.38. The van der Waals surface area contributed by atoms with Crippen molar-refractivity contribution in [2.75, 3.05) is 42.8 Å². The maximum Gasteiger partial charge on any atom is 0.295 e. The number of nitrogens with zero attached hydrogens (tertiary/aromatic N) is 4. The van der Waals surface area contributed by atoms with Gasteiger partial charge in [0.2, 0.25) is 11.9 Å². The second kappa shape index (κ2) is 10.2. The van der Waals surface area contributed by atoms with Crippen molar-refractivity contribution in [2.24, 2.45) is 0 Å². The fourth-order valence-electron chi connectivity index (χ4n) is 4.32. The third-order valence-electron chi connectivity index (χ3n) is 6.09. The lowest BCUT2D eigenvalue weighted by molar-refractivity contribution is -0.116. The Morgan fingerprint density at radius 2 is 1.86 bits per heavy atom. The molecule has 2 aromatic heterocycles. The van der Waals surface area contributed by atoms with Crippen LogP contribution in [0.4, 0.5) is 23.3 Å². The Balaban J connectivity index is 1.51. The highest BCUT2D eigenvalue weighted by Gasteiger charge is 2.23. The number of aromatic nitrogens is 3. The molecule has 4 aromatic rings. The van der Waals surface area contributed by atoms with Crippen molar-refractivity contribution in [1.82, 2.24) is 15.0 Å². The molecule has 10 heteroatoms. The molecule has 0 spiro atoms. The molecule has 0 saturated heterocycles. The van der Waals surface area contributed by atoms with E-state index in [0.717, 1.165) is 28.9 Å². The average molecular weight is 501 g/mol. The number of carbonyl (C=O) groups is 1. The van der Waals surface area contributed by atoms with E-state index in [0.29, 0.717) is 53.7 Å². The quantitative estimate of drug-likeness (QED) is 0.349. The van der Waals surface area contributed by atoms with Crippen LogP contribution in [0.3, 0.4) is 0 Å². The van der Waals surface area contributed by atoms with E-state index >= 15 is 0 Å². The van der Waals surface area contributed by atoms with Crippen molar-refractivity contribution in [2.45, 2.75) is 20.3 Å². The number of methoxy groups -OCH3 is 2. The third-order valence-corrected chi connectivity index (χ3v) is 6.09. The standard InChI is InChI=1S/C27H28N6O4/c1-5-28-27-32-24(18-12-20(35-3)15-21(13-18)36-4)25(37-27)22-8-10-29-26(31-22)30-19-7-6-17-9-11-33(16(2)34)23(17)14-19/h6-8,10,12-15H,5,9,11H2,1-4H3,(H,28,32)(H,29,30,31). The van der Waals surface area contributed by atoms with Crippen molar-refractivity contribution in [3.63, 3.8) is 0 Å². The SMILES string of the molecule is CCNc1nc(-c2cc(OC)cc(OC)c2)c(-c2ccnc(Nc3ccc4c(c3)N(C(C)=O)CC4)n2)o1. The summed E-state index contributed by atoms with van der Waals surface area (Å²) in [6, 6.07) is 13.6. The molecule has 0 radical (unpaired) electrons. The first-order valence-electron chi connectivity index (χ1n) is 12.0. The summed E-state index contributed by atoms with van der Waals surface area (Å²) in [6.07, 6.45) is 2.50. The zero-order valence-electron chi connectivity index (χ0n) is 21.2. The van der Waals surface area contributed by atoms with Crippen LogP contribution in [-0.4, -0.2) is 48.2 Å². The fraction of sp³-hybridized carbons (Fsp3) is 0.259. The van der Waals surface area contributed by atoms with Crippen molar-refractivity contribution < 1.29 is 18.7 Å². The monoisotopic (exact) mass is 500 g/mol. The van der Waals surface area contributed by atoms with E-state index in [9.17, 15) is 4.79 Å². The van der Waals surface area contributed by atoms with Crippen molar-refractivity contribution in [1.29, 1.82) is 0 Å². The highest BCUT2D eigenvalue weighted by molar-refractivity contribution is 5.94. The van der Waals surface area contributed by atoms with E-state index in [1.54, 1.807) is 44.4 Å². The number of anilines is 4. The number of hydrogen-bond acceptors (Lipinski definition) is 9. The molecule has 1 aliphatic heterocycles. The van der Waals surface area contributed by atoms with Gasteiger partial charge in [-0.15, -0.1) is 0 Å². The molecule has 1 aliphatic rings.